The fraction of sp³-hybridized carbons (Fsp3) is 0.476. The first kappa shape index (κ1) is 22.6. The number of hydrogen-bond acceptors (Lipinski definition) is 6. The Morgan fingerprint density at radius 3 is 2.70 bits per heavy atom. The Hall–Kier alpha value is -2.09. The third-order valence-electron chi connectivity index (χ3n) is 5.13. The lowest BCUT2D eigenvalue weighted by Crippen LogP contribution is -2.26. The SMILES string of the molecule is CCN(CC)CCCC(C)Nc1nc(NCc2ccc(Cl)cc2Cl)c2[nH]cnc2n1. The Kier molecular flexibility index (Phi) is 8.13. The highest BCUT2D eigenvalue weighted by Crippen LogP contribution is 2.24. The summed E-state index contributed by atoms with van der Waals surface area (Å²) in [6, 6.07) is 5.72. The maximum atomic E-state index is 6.29. The van der Waals surface area contributed by atoms with Gasteiger partial charge in [-0.3, -0.25) is 0 Å². The molecule has 9 heteroatoms. The van der Waals surface area contributed by atoms with Gasteiger partial charge in [0.05, 0.1) is 6.33 Å². The number of benzene rings is 1. The number of aromatic amines is 1. The molecule has 7 nitrogen and oxygen atoms in total. The van der Waals surface area contributed by atoms with Crippen LogP contribution in [0.25, 0.3) is 11.2 Å². The average molecular weight is 450 g/mol. The summed E-state index contributed by atoms with van der Waals surface area (Å²) in [7, 11) is 0. The molecular weight excluding hydrogens is 421 g/mol. The van der Waals surface area contributed by atoms with Crippen molar-refractivity contribution in [2.75, 3.05) is 30.3 Å². The number of imidazole rings is 1. The molecule has 0 spiro atoms. The van der Waals surface area contributed by atoms with E-state index in [1.54, 1.807) is 12.4 Å². The van der Waals surface area contributed by atoms with Gasteiger partial charge in [-0.1, -0.05) is 43.1 Å². The Morgan fingerprint density at radius 1 is 1.17 bits per heavy atom. The Labute approximate surface area is 187 Å². The van der Waals surface area contributed by atoms with Crippen LogP contribution in [0.5, 0.6) is 0 Å². The van der Waals surface area contributed by atoms with Crippen LogP contribution in [-0.4, -0.2) is 50.5 Å². The van der Waals surface area contributed by atoms with E-state index in [1.807, 2.05) is 12.1 Å². The van der Waals surface area contributed by atoms with E-state index in [-0.39, 0.29) is 6.04 Å². The van der Waals surface area contributed by atoms with Crippen molar-refractivity contribution in [2.24, 2.45) is 0 Å². The predicted octanol–water partition coefficient (Wildman–Crippen LogP) is 5.19. The molecule has 0 aliphatic rings. The van der Waals surface area contributed by atoms with Crippen molar-refractivity contribution in [2.45, 2.75) is 46.2 Å². The maximum Gasteiger partial charge on any atom is 0.227 e. The van der Waals surface area contributed by atoms with Crippen LogP contribution >= 0.6 is 23.2 Å². The van der Waals surface area contributed by atoms with Crippen LogP contribution in [-0.2, 0) is 6.54 Å². The van der Waals surface area contributed by atoms with Crippen molar-refractivity contribution in [1.29, 1.82) is 0 Å². The summed E-state index contributed by atoms with van der Waals surface area (Å²) in [6.07, 6.45) is 3.79. The number of nitrogens with zero attached hydrogens (tertiary/aromatic N) is 4. The molecule has 0 radical (unpaired) electrons. The number of anilines is 2. The van der Waals surface area contributed by atoms with Crippen molar-refractivity contribution in [1.82, 2.24) is 24.8 Å². The number of H-pyrrole nitrogens is 1. The quantitative estimate of drug-likeness (QED) is 0.373. The zero-order valence-electron chi connectivity index (χ0n) is 17.7. The number of nitrogens with one attached hydrogen (secondary N) is 3. The van der Waals surface area contributed by atoms with Gasteiger partial charge in [-0.25, -0.2) is 4.98 Å². The highest BCUT2D eigenvalue weighted by molar-refractivity contribution is 6.35. The number of aromatic nitrogens is 4. The highest BCUT2D eigenvalue weighted by Gasteiger charge is 2.13. The third-order valence-corrected chi connectivity index (χ3v) is 5.72. The second kappa shape index (κ2) is 10.8. The lowest BCUT2D eigenvalue weighted by atomic mass is 10.2. The molecule has 3 N–H and O–H groups in total. The summed E-state index contributed by atoms with van der Waals surface area (Å²) in [4.78, 5) is 19.0. The van der Waals surface area contributed by atoms with Crippen LogP contribution in [0.3, 0.4) is 0 Å². The molecule has 0 bridgehead atoms. The molecule has 2 aromatic heterocycles. The summed E-state index contributed by atoms with van der Waals surface area (Å²) in [5.74, 6) is 1.25. The van der Waals surface area contributed by atoms with E-state index in [2.05, 4.69) is 56.2 Å². The lowest BCUT2D eigenvalue weighted by molar-refractivity contribution is 0.295. The topological polar surface area (TPSA) is 81.8 Å². The smallest absolute Gasteiger partial charge is 0.227 e. The fourth-order valence-corrected chi connectivity index (χ4v) is 3.80. The van der Waals surface area contributed by atoms with Crippen LogP contribution in [0.4, 0.5) is 11.8 Å². The third kappa shape index (κ3) is 5.97. The van der Waals surface area contributed by atoms with Crippen molar-refractivity contribution < 1.29 is 0 Å². The van der Waals surface area contributed by atoms with Crippen molar-refractivity contribution in [3.05, 3.63) is 40.1 Å². The predicted molar refractivity (Wildman–Crippen MR) is 126 cm³/mol. The highest BCUT2D eigenvalue weighted by atomic mass is 35.5. The number of halogens is 2. The van der Waals surface area contributed by atoms with Crippen molar-refractivity contribution in [3.63, 3.8) is 0 Å². The molecule has 0 aliphatic heterocycles. The molecule has 3 aromatic rings. The fourth-order valence-electron chi connectivity index (χ4n) is 3.32. The number of fused-ring (bicyclic) bond motifs is 1. The lowest BCUT2D eigenvalue weighted by Gasteiger charge is -2.20. The van der Waals surface area contributed by atoms with E-state index in [1.165, 1.54) is 0 Å². The molecule has 2 heterocycles. The van der Waals surface area contributed by atoms with Gasteiger partial charge in [0, 0.05) is 22.6 Å². The van der Waals surface area contributed by atoms with Gasteiger partial charge < -0.3 is 20.5 Å². The molecule has 1 atom stereocenters. The first-order valence-corrected chi connectivity index (χ1v) is 11.1. The van der Waals surface area contributed by atoms with Gasteiger partial charge in [-0.05, 0) is 57.1 Å². The summed E-state index contributed by atoms with van der Waals surface area (Å²) in [5, 5.41) is 7.98. The molecule has 0 amide bonds. The van der Waals surface area contributed by atoms with Gasteiger partial charge in [0.15, 0.2) is 11.5 Å². The molecule has 30 heavy (non-hydrogen) atoms. The van der Waals surface area contributed by atoms with Gasteiger partial charge in [0.25, 0.3) is 0 Å². The van der Waals surface area contributed by atoms with Crippen LogP contribution in [0.1, 0.15) is 39.2 Å². The van der Waals surface area contributed by atoms with Gasteiger partial charge in [0.2, 0.25) is 5.95 Å². The first-order valence-electron chi connectivity index (χ1n) is 10.4. The average Bonchev–Trinajstić information content (AvgIpc) is 3.19. The van der Waals surface area contributed by atoms with Crippen LogP contribution < -0.4 is 10.6 Å². The van der Waals surface area contributed by atoms with E-state index in [0.29, 0.717) is 34.0 Å². The molecule has 0 fully saturated rings. The van der Waals surface area contributed by atoms with Crippen LogP contribution in [0.2, 0.25) is 10.0 Å². The van der Waals surface area contributed by atoms with E-state index >= 15 is 0 Å². The second-order valence-electron chi connectivity index (χ2n) is 7.30. The number of rotatable bonds is 11. The Balaban J connectivity index is 1.66. The molecule has 0 aliphatic carbocycles. The van der Waals surface area contributed by atoms with E-state index in [0.717, 1.165) is 43.6 Å². The molecule has 1 aromatic carbocycles. The van der Waals surface area contributed by atoms with Gasteiger partial charge in [-0.15, -0.1) is 0 Å². The minimum atomic E-state index is 0.260. The summed E-state index contributed by atoms with van der Waals surface area (Å²) in [6.45, 7) is 10.3. The molecule has 0 saturated carbocycles. The molecular formula is C21H29Cl2N7. The van der Waals surface area contributed by atoms with E-state index in [4.69, 9.17) is 23.2 Å². The molecule has 162 valence electrons. The maximum absolute atomic E-state index is 6.29. The standard InChI is InChI=1S/C21H29Cl2N7/c1-4-30(5-2)10-6-7-14(3)27-21-28-19(18-20(29-21)26-13-25-18)24-12-15-8-9-16(22)11-17(15)23/h8-9,11,13-14H,4-7,10,12H2,1-3H3,(H3,24,25,26,27,28,29). The van der Waals surface area contributed by atoms with Gasteiger partial charge in [-0.2, -0.15) is 9.97 Å². The van der Waals surface area contributed by atoms with E-state index in [9.17, 15) is 0 Å². The van der Waals surface area contributed by atoms with Crippen molar-refractivity contribution in [3.8, 4) is 0 Å². The Morgan fingerprint density at radius 2 is 1.97 bits per heavy atom. The monoisotopic (exact) mass is 449 g/mol. The summed E-state index contributed by atoms with van der Waals surface area (Å²) >= 11 is 12.3. The normalized spacial score (nSPS) is 12.5. The summed E-state index contributed by atoms with van der Waals surface area (Å²) in [5.41, 5.74) is 2.32. The zero-order chi connectivity index (χ0) is 21.5. The minimum absolute atomic E-state index is 0.260. The first-order chi connectivity index (χ1) is 14.5. The minimum Gasteiger partial charge on any atom is -0.364 e. The largest absolute Gasteiger partial charge is 0.364 e. The molecule has 0 saturated heterocycles. The molecule has 1 unspecified atom stereocenters. The Bertz CT molecular complexity index is 956. The molecule has 3 rings (SSSR count). The van der Waals surface area contributed by atoms with Gasteiger partial charge >= 0.3 is 0 Å². The zero-order valence-corrected chi connectivity index (χ0v) is 19.2. The van der Waals surface area contributed by atoms with Crippen molar-refractivity contribution >= 4 is 46.1 Å². The van der Waals surface area contributed by atoms with Gasteiger partial charge in [0.1, 0.15) is 5.52 Å². The second-order valence-corrected chi connectivity index (χ2v) is 8.14. The van der Waals surface area contributed by atoms with Crippen LogP contribution in [0, 0.1) is 0 Å². The number of hydrogen-bond donors (Lipinski definition) is 3. The van der Waals surface area contributed by atoms with Crippen LogP contribution in [0.15, 0.2) is 24.5 Å². The van der Waals surface area contributed by atoms with E-state index < -0.39 is 0 Å². The summed E-state index contributed by atoms with van der Waals surface area (Å²) < 4.78 is 0.